The van der Waals surface area contributed by atoms with Gasteiger partial charge in [0.15, 0.2) is 0 Å². The minimum Gasteiger partial charge on any atom is -0.351 e. The van der Waals surface area contributed by atoms with E-state index in [0.717, 1.165) is 0 Å². The van der Waals surface area contributed by atoms with Gasteiger partial charge in [-0.15, -0.1) is 0 Å². The standard InChI is InChI=1S/C21H20N4O6/c1-15(23-21(27)13-7-17-4-10-19(11-5-17)25(30)31)14-22-20(26)12-6-16-2-8-18(9-3-16)24(28)29/h2-13,15H,14H2,1H3,(H,22,26)(H,23,27). The molecule has 10 nitrogen and oxygen atoms in total. The van der Waals surface area contributed by atoms with E-state index in [9.17, 15) is 29.8 Å². The van der Waals surface area contributed by atoms with Crippen molar-refractivity contribution in [2.75, 3.05) is 6.54 Å². The summed E-state index contributed by atoms with van der Waals surface area (Å²) in [6.07, 6.45) is 5.64. The number of hydrogen-bond acceptors (Lipinski definition) is 6. The van der Waals surface area contributed by atoms with E-state index in [1.165, 1.54) is 72.8 Å². The third-order valence-electron chi connectivity index (χ3n) is 4.03. The molecular formula is C21H20N4O6. The summed E-state index contributed by atoms with van der Waals surface area (Å²) in [7, 11) is 0. The zero-order chi connectivity index (χ0) is 22.8. The van der Waals surface area contributed by atoms with Crippen LogP contribution in [-0.4, -0.2) is 34.2 Å². The van der Waals surface area contributed by atoms with E-state index in [1.54, 1.807) is 6.92 Å². The lowest BCUT2D eigenvalue weighted by Crippen LogP contribution is -2.40. The van der Waals surface area contributed by atoms with Crippen LogP contribution in [0.2, 0.25) is 0 Å². The van der Waals surface area contributed by atoms with Crippen molar-refractivity contribution in [3.05, 3.63) is 92.0 Å². The molecule has 31 heavy (non-hydrogen) atoms. The topological polar surface area (TPSA) is 144 Å². The van der Waals surface area contributed by atoms with E-state index in [0.29, 0.717) is 11.1 Å². The van der Waals surface area contributed by atoms with Crippen molar-refractivity contribution in [2.24, 2.45) is 0 Å². The molecule has 0 spiro atoms. The molecule has 2 rings (SSSR count). The lowest BCUT2D eigenvalue weighted by molar-refractivity contribution is -0.385. The van der Waals surface area contributed by atoms with Gasteiger partial charge in [-0.3, -0.25) is 29.8 Å². The fourth-order valence-electron chi connectivity index (χ4n) is 2.41. The minimum absolute atomic E-state index is 0.0335. The van der Waals surface area contributed by atoms with Gasteiger partial charge in [-0.2, -0.15) is 0 Å². The zero-order valence-electron chi connectivity index (χ0n) is 16.6. The van der Waals surface area contributed by atoms with Crippen LogP contribution in [0.15, 0.2) is 60.7 Å². The van der Waals surface area contributed by atoms with E-state index >= 15 is 0 Å². The Morgan fingerprint density at radius 1 is 0.839 bits per heavy atom. The first-order chi connectivity index (χ1) is 14.7. The average molecular weight is 424 g/mol. The first-order valence-electron chi connectivity index (χ1n) is 9.18. The predicted octanol–water partition coefficient (Wildman–Crippen LogP) is 2.85. The van der Waals surface area contributed by atoms with E-state index in [-0.39, 0.29) is 35.8 Å². The number of carbonyl (C=O) groups is 2. The van der Waals surface area contributed by atoms with Crippen molar-refractivity contribution >= 4 is 35.3 Å². The fraction of sp³-hybridized carbons (Fsp3) is 0.143. The Balaban J connectivity index is 1.76. The van der Waals surface area contributed by atoms with Gasteiger partial charge >= 0.3 is 0 Å². The van der Waals surface area contributed by atoms with Crippen molar-refractivity contribution in [3.8, 4) is 0 Å². The van der Waals surface area contributed by atoms with Gasteiger partial charge in [0, 0.05) is 49.0 Å². The van der Waals surface area contributed by atoms with Crippen LogP contribution in [0.3, 0.4) is 0 Å². The first kappa shape index (κ1) is 22.9. The molecule has 0 saturated heterocycles. The van der Waals surface area contributed by atoms with Crippen LogP contribution in [0.25, 0.3) is 12.2 Å². The Bertz CT molecular complexity index is 1010. The van der Waals surface area contributed by atoms with Crippen molar-refractivity contribution in [1.29, 1.82) is 0 Å². The lowest BCUT2D eigenvalue weighted by Gasteiger charge is -2.12. The molecule has 0 aliphatic carbocycles. The smallest absolute Gasteiger partial charge is 0.269 e. The second kappa shape index (κ2) is 11.0. The number of nitro groups is 2. The molecule has 1 unspecified atom stereocenters. The zero-order valence-corrected chi connectivity index (χ0v) is 16.6. The van der Waals surface area contributed by atoms with Crippen LogP contribution >= 0.6 is 0 Å². The molecule has 0 aliphatic heterocycles. The number of nitrogens with one attached hydrogen (secondary N) is 2. The van der Waals surface area contributed by atoms with Crippen molar-refractivity contribution in [2.45, 2.75) is 13.0 Å². The third kappa shape index (κ3) is 7.89. The SMILES string of the molecule is CC(CNC(=O)C=Cc1ccc([N+](=O)[O-])cc1)NC(=O)C=Cc1ccc([N+](=O)[O-])cc1. The van der Waals surface area contributed by atoms with Gasteiger partial charge in [-0.05, 0) is 54.5 Å². The molecule has 0 radical (unpaired) electrons. The van der Waals surface area contributed by atoms with Gasteiger partial charge in [0.2, 0.25) is 11.8 Å². The molecule has 0 aromatic heterocycles. The number of benzene rings is 2. The van der Waals surface area contributed by atoms with Crippen molar-refractivity contribution in [3.63, 3.8) is 0 Å². The summed E-state index contributed by atoms with van der Waals surface area (Å²) in [6.45, 7) is 1.92. The molecular weight excluding hydrogens is 404 g/mol. The Hall–Kier alpha value is -4.34. The van der Waals surface area contributed by atoms with Gasteiger partial charge in [0.1, 0.15) is 0 Å². The van der Waals surface area contributed by atoms with Crippen molar-refractivity contribution < 1.29 is 19.4 Å². The highest BCUT2D eigenvalue weighted by molar-refractivity contribution is 5.93. The third-order valence-corrected chi connectivity index (χ3v) is 4.03. The lowest BCUT2D eigenvalue weighted by atomic mass is 10.2. The number of amides is 2. The van der Waals surface area contributed by atoms with Crippen LogP contribution in [0.4, 0.5) is 11.4 Å². The normalized spacial score (nSPS) is 11.9. The molecule has 0 heterocycles. The predicted molar refractivity (Wildman–Crippen MR) is 115 cm³/mol. The number of nitrogens with zero attached hydrogens (tertiary/aromatic N) is 2. The Morgan fingerprint density at radius 2 is 1.26 bits per heavy atom. The van der Waals surface area contributed by atoms with E-state index in [2.05, 4.69) is 10.6 Å². The van der Waals surface area contributed by atoms with Gasteiger partial charge < -0.3 is 10.6 Å². The highest BCUT2D eigenvalue weighted by Crippen LogP contribution is 2.13. The number of non-ortho nitro benzene ring substituents is 2. The summed E-state index contributed by atoms with van der Waals surface area (Å²) in [5, 5.41) is 26.6. The summed E-state index contributed by atoms with van der Waals surface area (Å²) in [4.78, 5) is 44.1. The second-order valence-corrected chi connectivity index (χ2v) is 6.52. The van der Waals surface area contributed by atoms with Crippen LogP contribution in [0, 0.1) is 20.2 Å². The number of rotatable bonds is 9. The molecule has 10 heteroatoms. The average Bonchev–Trinajstić information content (AvgIpc) is 2.75. The van der Waals surface area contributed by atoms with E-state index in [1.807, 2.05) is 0 Å². The summed E-state index contributed by atoms with van der Waals surface area (Å²) >= 11 is 0. The van der Waals surface area contributed by atoms with Gasteiger partial charge in [0.05, 0.1) is 9.85 Å². The van der Waals surface area contributed by atoms with Crippen molar-refractivity contribution in [1.82, 2.24) is 10.6 Å². The van der Waals surface area contributed by atoms with Gasteiger partial charge in [-0.1, -0.05) is 0 Å². The molecule has 0 fully saturated rings. The monoisotopic (exact) mass is 424 g/mol. The summed E-state index contributed by atoms with van der Waals surface area (Å²) < 4.78 is 0. The Morgan fingerprint density at radius 3 is 1.68 bits per heavy atom. The number of nitro benzene ring substituents is 2. The molecule has 0 saturated carbocycles. The quantitative estimate of drug-likeness (QED) is 0.360. The second-order valence-electron chi connectivity index (χ2n) is 6.52. The number of hydrogen-bond donors (Lipinski definition) is 2. The fourth-order valence-corrected chi connectivity index (χ4v) is 2.41. The number of carbonyl (C=O) groups excluding carboxylic acids is 2. The largest absolute Gasteiger partial charge is 0.351 e. The van der Waals surface area contributed by atoms with Gasteiger partial charge in [-0.25, -0.2) is 0 Å². The van der Waals surface area contributed by atoms with Crippen LogP contribution < -0.4 is 10.6 Å². The minimum atomic E-state index is -0.503. The van der Waals surface area contributed by atoms with Gasteiger partial charge in [0.25, 0.3) is 11.4 Å². The molecule has 2 N–H and O–H groups in total. The Kier molecular flexibility index (Phi) is 8.14. The highest BCUT2D eigenvalue weighted by Gasteiger charge is 2.07. The summed E-state index contributed by atoms with van der Waals surface area (Å²) in [5.74, 6) is -0.748. The summed E-state index contributed by atoms with van der Waals surface area (Å²) in [5.41, 5.74) is 1.21. The Labute approximate surface area is 177 Å². The molecule has 2 aromatic carbocycles. The molecule has 1 atom stereocenters. The maximum atomic E-state index is 12.0. The summed E-state index contributed by atoms with van der Waals surface area (Å²) in [6, 6.07) is 11.2. The van der Waals surface area contributed by atoms with Crippen LogP contribution in [0.5, 0.6) is 0 Å². The molecule has 0 aliphatic rings. The maximum absolute atomic E-state index is 12.0. The van der Waals surface area contributed by atoms with E-state index < -0.39 is 9.85 Å². The molecule has 2 aromatic rings. The van der Waals surface area contributed by atoms with Crippen LogP contribution in [-0.2, 0) is 9.59 Å². The van der Waals surface area contributed by atoms with E-state index in [4.69, 9.17) is 0 Å². The highest BCUT2D eigenvalue weighted by atomic mass is 16.6. The van der Waals surface area contributed by atoms with Crippen LogP contribution in [0.1, 0.15) is 18.1 Å². The molecule has 160 valence electrons. The first-order valence-corrected chi connectivity index (χ1v) is 9.18. The molecule has 2 amide bonds. The molecule has 0 bridgehead atoms. The maximum Gasteiger partial charge on any atom is 0.269 e.